The Morgan fingerprint density at radius 3 is 2.94 bits per heavy atom. The summed E-state index contributed by atoms with van der Waals surface area (Å²) < 4.78 is 0.932. The van der Waals surface area contributed by atoms with Crippen LogP contribution in [0.5, 0.6) is 0 Å². The van der Waals surface area contributed by atoms with Gasteiger partial charge in [-0.3, -0.25) is 4.90 Å². The molecule has 0 aliphatic carbocycles. The van der Waals surface area contributed by atoms with E-state index in [9.17, 15) is 0 Å². The molecular formula is C10H17BrN4S. The van der Waals surface area contributed by atoms with Gasteiger partial charge in [0.15, 0.2) is 5.13 Å². The maximum Gasteiger partial charge on any atom is 0.186 e. The van der Waals surface area contributed by atoms with E-state index in [-0.39, 0.29) is 0 Å². The van der Waals surface area contributed by atoms with E-state index < -0.39 is 0 Å². The van der Waals surface area contributed by atoms with E-state index in [0.717, 1.165) is 49.0 Å². The largest absolute Gasteiger partial charge is 0.350 e. The van der Waals surface area contributed by atoms with Crippen LogP contribution in [0.15, 0.2) is 9.98 Å². The van der Waals surface area contributed by atoms with Crippen LogP contribution in [0, 0.1) is 0 Å². The van der Waals surface area contributed by atoms with Gasteiger partial charge in [-0.2, -0.15) is 0 Å². The van der Waals surface area contributed by atoms with Gasteiger partial charge < -0.3 is 10.2 Å². The highest BCUT2D eigenvalue weighted by Crippen LogP contribution is 2.22. The molecule has 0 spiro atoms. The Bertz CT molecular complexity index is 324. The van der Waals surface area contributed by atoms with Crippen LogP contribution in [-0.2, 0) is 0 Å². The van der Waals surface area contributed by atoms with Crippen LogP contribution in [0.2, 0.25) is 0 Å². The smallest absolute Gasteiger partial charge is 0.186 e. The van der Waals surface area contributed by atoms with E-state index in [1.807, 2.05) is 5.38 Å². The van der Waals surface area contributed by atoms with Gasteiger partial charge in [0.25, 0.3) is 0 Å². The SMILES string of the molecule is CN(CCN1CCNCC1)c1nc(Br)cs1. The van der Waals surface area contributed by atoms with Crippen molar-refractivity contribution in [1.82, 2.24) is 15.2 Å². The lowest BCUT2D eigenvalue weighted by Gasteiger charge is -2.28. The lowest BCUT2D eigenvalue weighted by Crippen LogP contribution is -2.45. The Balaban J connectivity index is 1.76. The number of halogens is 1. The summed E-state index contributed by atoms with van der Waals surface area (Å²) >= 11 is 5.06. The van der Waals surface area contributed by atoms with Gasteiger partial charge in [-0.05, 0) is 15.9 Å². The minimum atomic E-state index is 0.932. The quantitative estimate of drug-likeness (QED) is 0.907. The summed E-state index contributed by atoms with van der Waals surface area (Å²) in [4.78, 5) is 9.12. The molecule has 0 bridgehead atoms. The molecule has 1 saturated heterocycles. The van der Waals surface area contributed by atoms with Crippen molar-refractivity contribution in [3.63, 3.8) is 0 Å². The Labute approximate surface area is 109 Å². The molecule has 0 radical (unpaired) electrons. The molecule has 4 nitrogen and oxygen atoms in total. The topological polar surface area (TPSA) is 31.4 Å². The lowest BCUT2D eigenvalue weighted by molar-refractivity contribution is 0.246. The fraction of sp³-hybridized carbons (Fsp3) is 0.700. The maximum absolute atomic E-state index is 4.40. The summed E-state index contributed by atoms with van der Waals surface area (Å²) in [7, 11) is 2.10. The summed E-state index contributed by atoms with van der Waals surface area (Å²) in [5.41, 5.74) is 0. The maximum atomic E-state index is 4.40. The van der Waals surface area contributed by atoms with Crippen molar-refractivity contribution >= 4 is 32.4 Å². The molecule has 2 rings (SSSR count). The standard InChI is InChI=1S/C10H17BrN4S/c1-14(10-13-9(11)8-16-10)6-7-15-4-2-12-3-5-15/h8,12H,2-7H2,1H3. The molecule has 0 amide bonds. The first-order valence-electron chi connectivity index (χ1n) is 5.51. The van der Waals surface area contributed by atoms with E-state index in [0.29, 0.717) is 0 Å². The number of rotatable bonds is 4. The number of likely N-dealkylation sites (N-methyl/N-ethyl adjacent to an activating group) is 1. The van der Waals surface area contributed by atoms with Gasteiger partial charge in [0, 0.05) is 51.7 Å². The predicted molar refractivity (Wildman–Crippen MR) is 72.4 cm³/mol. The monoisotopic (exact) mass is 304 g/mol. The molecule has 1 aliphatic heterocycles. The summed E-state index contributed by atoms with van der Waals surface area (Å²) in [5, 5.41) is 6.48. The summed E-state index contributed by atoms with van der Waals surface area (Å²) in [6, 6.07) is 0. The molecule has 16 heavy (non-hydrogen) atoms. The minimum Gasteiger partial charge on any atom is -0.350 e. The van der Waals surface area contributed by atoms with Crippen LogP contribution in [0.4, 0.5) is 5.13 Å². The van der Waals surface area contributed by atoms with Gasteiger partial charge in [-0.15, -0.1) is 11.3 Å². The van der Waals surface area contributed by atoms with Crippen LogP contribution in [0.1, 0.15) is 0 Å². The first kappa shape index (κ1) is 12.3. The molecule has 1 aliphatic rings. The van der Waals surface area contributed by atoms with Crippen molar-refractivity contribution in [1.29, 1.82) is 0 Å². The van der Waals surface area contributed by atoms with Gasteiger partial charge in [0.05, 0.1) is 0 Å². The molecule has 1 aromatic heterocycles. The first-order chi connectivity index (χ1) is 7.75. The number of nitrogens with zero attached hydrogens (tertiary/aromatic N) is 3. The summed E-state index contributed by atoms with van der Waals surface area (Å²) in [6.07, 6.45) is 0. The first-order valence-corrected chi connectivity index (χ1v) is 7.18. The minimum absolute atomic E-state index is 0.932. The highest BCUT2D eigenvalue weighted by atomic mass is 79.9. The number of piperazine rings is 1. The van der Waals surface area contributed by atoms with Crippen LogP contribution >= 0.6 is 27.3 Å². The van der Waals surface area contributed by atoms with Gasteiger partial charge in [-0.25, -0.2) is 4.98 Å². The molecule has 0 atom stereocenters. The van der Waals surface area contributed by atoms with Crippen molar-refractivity contribution in [2.24, 2.45) is 0 Å². The molecule has 90 valence electrons. The zero-order valence-electron chi connectivity index (χ0n) is 9.45. The van der Waals surface area contributed by atoms with Crippen molar-refractivity contribution in [2.75, 3.05) is 51.2 Å². The van der Waals surface area contributed by atoms with Gasteiger partial charge in [0.1, 0.15) is 4.60 Å². The number of hydrogen-bond acceptors (Lipinski definition) is 5. The van der Waals surface area contributed by atoms with E-state index in [4.69, 9.17) is 0 Å². The molecule has 0 aromatic carbocycles. The average Bonchev–Trinajstić information content (AvgIpc) is 2.74. The molecule has 1 N–H and O–H groups in total. The van der Waals surface area contributed by atoms with Crippen LogP contribution in [0.3, 0.4) is 0 Å². The number of hydrogen-bond donors (Lipinski definition) is 1. The molecule has 0 unspecified atom stereocenters. The number of aromatic nitrogens is 1. The summed E-state index contributed by atoms with van der Waals surface area (Å²) in [6.45, 7) is 6.72. The zero-order valence-corrected chi connectivity index (χ0v) is 11.9. The third-order valence-corrected chi connectivity index (χ3v) is 4.42. The van der Waals surface area contributed by atoms with Crippen LogP contribution in [0.25, 0.3) is 0 Å². The van der Waals surface area contributed by atoms with Crippen LogP contribution in [-0.4, -0.2) is 56.2 Å². The van der Waals surface area contributed by atoms with E-state index >= 15 is 0 Å². The lowest BCUT2D eigenvalue weighted by atomic mass is 10.3. The number of thiazole rings is 1. The van der Waals surface area contributed by atoms with E-state index in [1.165, 1.54) is 0 Å². The molecule has 0 saturated carbocycles. The normalized spacial score (nSPS) is 17.6. The van der Waals surface area contributed by atoms with Crippen LogP contribution < -0.4 is 10.2 Å². The zero-order chi connectivity index (χ0) is 11.4. The Morgan fingerprint density at radius 2 is 2.31 bits per heavy atom. The second-order valence-electron chi connectivity index (χ2n) is 3.97. The average molecular weight is 305 g/mol. The highest BCUT2D eigenvalue weighted by molar-refractivity contribution is 9.10. The number of nitrogens with one attached hydrogen (secondary N) is 1. The van der Waals surface area contributed by atoms with E-state index in [2.05, 4.69) is 43.1 Å². The second kappa shape index (κ2) is 5.95. The van der Waals surface area contributed by atoms with Crippen molar-refractivity contribution < 1.29 is 0 Å². The molecule has 6 heteroatoms. The van der Waals surface area contributed by atoms with Crippen molar-refractivity contribution in [2.45, 2.75) is 0 Å². The Hall–Kier alpha value is -0.170. The predicted octanol–water partition coefficient (Wildman–Crippen LogP) is 1.25. The van der Waals surface area contributed by atoms with Gasteiger partial charge in [0.2, 0.25) is 0 Å². The number of anilines is 1. The molecular weight excluding hydrogens is 288 g/mol. The van der Waals surface area contributed by atoms with Crippen molar-refractivity contribution in [3.8, 4) is 0 Å². The van der Waals surface area contributed by atoms with Gasteiger partial charge in [-0.1, -0.05) is 0 Å². The molecule has 1 fully saturated rings. The summed E-state index contributed by atoms with van der Waals surface area (Å²) in [5.74, 6) is 0. The third-order valence-electron chi connectivity index (χ3n) is 2.75. The highest BCUT2D eigenvalue weighted by Gasteiger charge is 2.11. The van der Waals surface area contributed by atoms with Crippen molar-refractivity contribution in [3.05, 3.63) is 9.98 Å². The van der Waals surface area contributed by atoms with E-state index in [1.54, 1.807) is 11.3 Å². The van der Waals surface area contributed by atoms with Gasteiger partial charge >= 0.3 is 0 Å². The fourth-order valence-corrected chi connectivity index (χ4v) is 2.99. The second-order valence-corrected chi connectivity index (χ2v) is 5.62. The molecule has 2 heterocycles. The third kappa shape index (κ3) is 3.41. The Morgan fingerprint density at radius 1 is 1.56 bits per heavy atom. The Kier molecular flexibility index (Phi) is 4.57. The molecule has 1 aromatic rings. The fourth-order valence-electron chi connectivity index (χ4n) is 1.74.